The fourth-order valence-electron chi connectivity index (χ4n) is 2.95. The van der Waals surface area contributed by atoms with Crippen LogP contribution in [0.5, 0.6) is 0 Å². The third-order valence-electron chi connectivity index (χ3n) is 4.54. The molecule has 0 aliphatic rings. The molecule has 4 nitrogen and oxygen atoms in total. The van der Waals surface area contributed by atoms with Crippen LogP contribution >= 0.6 is 0 Å². The second-order valence-corrected chi connectivity index (χ2v) is 6.38. The van der Waals surface area contributed by atoms with Gasteiger partial charge in [-0.15, -0.1) is 0 Å². The lowest BCUT2D eigenvalue weighted by Crippen LogP contribution is -2.25. The van der Waals surface area contributed by atoms with Crippen LogP contribution in [0.4, 0.5) is 0 Å². The Morgan fingerprint density at radius 2 is 1.72 bits per heavy atom. The van der Waals surface area contributed by atoms with Crippen LogP contribution in [0, 0.1) is 20.8 Å². The highest BCUT2D eigenvalue weighted by atomic mass is 16.5. The van der Waals surface area contributed by atoms with Crippen LogP contribution < -0.4 is 0 Å². The van der Waals surface area contributed by atoms with E-state index in [1.165, 1.54) is 0 Å². The van der Waals surface area contributed by atoms with E-state index in [1.54, 1.807) is 19.1 Å². The average molecular weight is 335 g/mol. The van der Waals surface area contributed by atoms with Crippen LogP contribution in [0.3, 0.4) is 0 Å². The van der Waals surface area contributed by atoms with Gasteiger partial charge in [0.1, 0.15) is 0 Å². The zero-order chi connectivity index (χ0) is 18.1. The molecular formula is C21H21NO3. The van der Waals surface area contributed by atoms with E-state index in [1.807, 2.05) is 51.1 Å². The first kappa shape index (κ1) is 17.0. The normalized spacial score (nSPS) is 12.2. The summed E-state index contributed by atoms with van der Waals surface area (Å²) in [5, 5.41) is 0.846. The van der Waals surface area contributed by atoms with Gasteiger partial charge in [0.2, 0.25) is 5.78 Å². The molecular weight excluding hydrogens is 314 g/mol. The van der Waals surface area contributed by atoms with Crippen molar-refractivity contribution in [1.29, 1.82) is 0 Å². The van der Waals surface area contributed by atoms with Crippen molar-refractivity contribution in [3.63, 3.8) is 0 Å². The Morgan fingerprint density at radius 3 is 2.44 bits per heavy atom. The van der Waals surface area contributed by atoms with Gasteiger partial charge in [0.15, 0.2) is 6.10 Å². The van der Waals surface area contributed by atoms with Gasteiger partial charge in [-0.25, -0.2) is 4.79 Å². The molecule has 0 spiro atoms. The van der Waals surface area contributed by atoms with Crippen LogP contribution in [-0.4, -0.2) is 22.8 Å². The van der Waals surface area contributed by atoms with Gasteiger partial charge in [0.25, 0.3) is 0 Å². The third-order valence-corrected chi connectivity index (χ3v) is 4.54. The van der Waals surface area contributed by atoms with Crippen LogP contribution in [0.2, 0.25) is 0 Å². The van der Waals surface area contributed by atoms with Gasteiger partial charge in [-0.1, -0.05) is 24.3 Å². The third kappa shape index (κ3) is 3.20. The number of benzene rings is 2. The monoisotopic (exact) mass is 335 g/mol. The van der Waals surface area contributed by atoms with Crippen molar-refractivity contribution in [2.45, 2.75) is 33.8 Å². The predicted molar refractivity (Wildman–Crippen MR) is 98.2 cm³/mol. The molecule has 3 rings (SSSR count). The summed E-state index contributed by atoms with van der Waals surface area (Å²) >= 11 is 0. The molecule has 0 amide bonds. The second kappa shape index (κ2) is 6.55. The number of hydrogen-bond acceptors (Lipinski definition) is 3. The minimum Gasteiger partial charge on any atom is -0.451 e. The summed E-state index contributed by atoms with van der Waals surface area (Å²) < 4.78 is 5.42. The number of H-pyrrole nitrogens is 1. The second-order valence-electron chi connectivity index (χ2n) is 6.38. The fraction of sp³-hybridized carbons (Fsp3) is 0.238. The van der Waals surface area contributed by atoms with E-state index >= 15 is 0 Å². The highest BCUT2D eigenvalue weighted by Crippen LogP contribution is 2.24. The van der Waals surface area contributed by atoms with E-state index < -0.39 is 12.1 Å². The summed E-state index contributed by atoms with van der Waals surface area (Å²) in [7, 11) is 0. The average Bonchev–Trinajstić information content (AvgIpc) is 2.92. The number of esters is 1. The van der Waals surface area contributed by atoms with E-state index in [0.717, 1.165) is 27.7 Å². The number of ketones is 1. The largest absolute Gasteiger partial charge is 0.451 e. The van der Waals surface area contributed by atoms with Crippen LogP contribution in [0.25, 0.3) is 10.9 Å². The van der Waals surface area contributed by atoms with E-state index in [4.69, 9.17) is 4.74 Å². The number of carbonyl (C=O) groups excluding carboxylic acids is 2. The summed E-state index contributed by atoms with van der Waals surface area (Å²) in [5.74, 6) is -0.687. The van der Waals surface area contributed by atoms with E-state index in [-0.39, 0.29) is 5.78 Å². The Bertz CT molecular complexity index is 968. The Balaban J connectivity index is 1.83. The molecule has 1 N–H and O–H groups in total. The van der Waals surface area contributed by atoms with Crippen LogP contribution in [0.1, 0.15) is 44.5 Å². The van der Waals surface area contributed by atoms with Crippen molar-refractivity contribution in [1.82, 2.24) is 4.98 Å². The number of aromatic nitrogens is 1. The van der Waals surface area contributed by atoms with E-state index in [2.05, 4.69) is 4.98 Å². The fourth-order valence-corrected chi connectivity index (χ4v) is 2.95. The zero-order valence-electron chi connectivity index (χ0n) is 14.8. The first-order chi connectivity index (χ1) is 11.9. The van der Waals surface area contributed by atoms with Gasteiger partial charge in [0, 0.05) is 22.2 Å². The van der Waals surface area contributed by atoms with Gasteiger partial charge in [0.05, 0.1) is 5.56 Å². The number of hydrogen-bond donors (Lipinski definition) is 1. The zero-order valence-corrected chi connectivity index (χ0v) is 14.8. The summed E-state index contributed by atoms with van der Waals surface area (Å²) in [6, 6.07) is 13.0. The van der Waals surface area contributed by atoms with E-state index in [9.17, 15) is 9.59 Å². The smallest absolute Gasteiger partial charge is 0.338 e. The summed E-state index contributed by atoms with van der Waals surface area (Å²) in [4.78, 5) is 28.4. The molecule has 25 heavy (non-hydrogen) atoms. The first-order valence-corrected chi connectivity index (χ1v) is 8.28. The first-order valence-electron chi connectivity index (χ1n) is 8.28. The van der Waals surface area contributed by atoms with Crippen LogP contribution in [-0.2, 0) is 4.74 Å². The number of Topliss-reactive ketones (excluding diaryl/α,β-unsaturated/α-hetero) is 1. The maximum atomic E-state index is 12.8. The number of fused-ring (bicyclic) bond motifs is 1. The van der Waals surface area contributed by atoms with Crippen molar-refractivity contribution in [2.24, 2.45) is 0 Å². The molecule has 0 aliphatic heterocycles. The van der Waals surface area contributed by atoms with Crippen molar-refractivity contribution in [3.8, 4) is 0 Å². The summed E-state index contributed by atoms with van der Waals surface area (Å²) in [5.41, 5.74) is 4.83. The number of para-hydroxylation sites is 1. The molecule has 0 saturated carbocycles. The number of ether oxygens (including phenoxy) is 1. The number of aryl methyl sites for hydroxylation is 3. The highest BCUT2D eigenvalue weighted by Gasteiger charge is 2.24. The van der Waals surface area contributed by atoms with Crippen molar-refractivity contribution in [2.75, 3.05) is 0 Å². The number of rotatable bonds is 4. The quantitative estimate of drug-likeness (QED) is 0.563. The van der Waals surface area contributed by atoms with Crippen molar-refractivity contribution < 1.29 is 14.3 Å². The molecule has 0 radical (unpaired) electrons. The molecule has 3 aromatic rings. The standard InChI is InChI=1S/C21H21NO3/c1-12-9-10-16(11-13(12)2)21(24)25-15(4)20(23)19-14(3)22-18-8-6-5-7-17(18)19/h5-11,15,22H,1-4H3/t15-/m1/s1. The molecule has 0 fully saturated rings. The molecule has 0 aliphatic carbocycles. The molecule has 4 heteroatoms. The number of aromatic amines is 1. The van der Waals surface area contributed by atoms with Gasteiger partial charge in [-0.05, 0) is 57.0 Å². The molecule has 0 bridgehead atoms. The molecule has 2 aromatic carbocycles. The highest BCUT2D eigenvalue weighted by molar-refractivity contribution is 6.11. The maximum Gasteiger partial charge on any atom is 0.338 e. The van der Waals surface area contributed by atoms with Gasteiger partial charge < -0.3 is 9.72 Å². The molecule has 1 aromatic heterocycles. The SMILES string of the molecule is Cc1ccc(C(=O)O[C@H](C)C(=O)c2c(C)[nH]c3ccccc23)cc1C. The minimum atomic E-state index is -0.855. The summed E-state index contributed by atoms with van der Waals surface area (Å²) in [6.45, 7) is 7.39. The molecule has 0 saturated heterocycles. The lowest BCUT2D eigenvalue weighted by atomic mass is 10.0. The van der Waals surface area contributed by atoms with Gasteiger partial charge >= 0.3 is 5.97 Å². The van der Waals surface area contributed by atoms with Crippen LogP contribution in [0.15, 0.2) is 42.5 Å². The van der Waals surface area contributed by atoms with Gasteiger partial charge in [-0.2, -0.15) is 0 Å². The molecule has 128 valence electrons. The van der Waals surface area contributed by atoms with E-state index in [0.29, 0.717) is 11.1 Å². The predicted octanol–water partition coefficient (Wildman–Crippen LogP) is 4.52. The lowest BCUT2D eigenvalue weighted by Gasteiger charge is -2.13. The Hall–Kier alpha value is -2.88. The number of nitrogens with one attached hydrogen (secondary N) is 1. The molecule has 1 heterocycles. The van der Waals surface area contributed by atoms with Gasteiger partial charge in [-0.3, -0.25) is 4.79 Å². The van der Waals surface area contributed by atoms with Crippen molar-refractivity contribution >= 4 is 22.7 Å². The Kier molecular flexibility index (Phi) is 4.45. The topological polar surface area (TPSA) is 59.2 Å². The molecule has 1 atom stereocenters. The molecule has 0 unspecified atom stereocenters. The number of carbonyl (C=O) groups is 2. The van der Waals surface area contributed by atoms with Crippen molar-refractivity contribution in [3.05, 3.63) is 70.4 Å². The lowest BCUT2D eigenvalue weighted by molar-refractivity contribution is 0.0319. The maximum absolute atomic E-state index is 12.8. The summed E-state index contributed by atoms with van der Waals surface area (Å²) in [6.07, 6.45) is -0.855. The minimum absolute atomic E-state index is 0.202. The Labute approximate surface area is 146 Å². The Morgan fingerprint density at radius 1 is 1.00 bits per heavy atom.